The third kappa shape index (κ3) is 21.1. The minimum absolute atomic E-state index is 0.0255. The van der Waals surface area contributed by atoms with E-state index < -0.39 is 105 Å². The van der Waals surface area contributed by atoms with Crippen LogP contribution in [0.3, 0.4) is 0 Å². The second-order valence-electron chi connectivity index (χ2n) is 28.7. The number of fused-ring (bicyclic) bond motifs is 1. The van der Waals surface area contributed by atoms with Crippen molar-refractivity contribution >= 4 is 44.3 Å². The fourth-order valence-electron chi connectivity index (χ4n) is 14.1. The number of rotatable bonds is 37. The summed E-state index contributed by atoms with van der Waals surface area (Å²) in [5.41, 5.74) is 3.03. The van der Waals surface area contributed by atoms with Gasteiger partial charge in [0.25, 0.3) is 0 Å². The summed E-state index contributed by atoms with van der Waals surface area (Å²) in [6.07, 6.45) is 5.14. The van der Waals surface area contributed by atoms with E-state index in [0.29, 0.717) is 65.3 Å². The van der Waals surface area contributed by atoms with Gasteiger partial charge in [-0.2, -0.15) is 0 Å². The minimum atomic E-state index is -2.78. The fourth-order valence-corrected chi connectivity index (χ4v) is 32.5. The van der Waals surface area contributed by atoms with Gasteiger partial charge in [0.1, 0.15) is 5.60 Å². The second-order valence-corrected chi connectivity index (χ2v) is 47.7. The van der Waals surface area contributed by atoms with Gasteiger partial charge in [-0.15, -0.1) is 6.58 Å². The van der Waals surface area contributed by atoms with E-state index in [1.807, 2.05) is 68.6 Å². The van der Waals surface area contributed by atoms with Crippen LogP contribution < -0.4 is 0 Å². The Morgan fingerprint density at radius 1 is 0.811 bits per heavy atom. The molecule has 506 valence electrons. The SMILES string of the molecule is C=C(C)C[C@H]1O[C@@](C)([C@@H](CCOCc2ccccc2)OCc2ccccc2)[C@H](OCc2ccccc2)C[C@@H]1OC(C[C@@H]1O[C@@H]2C[C@H](C)[C@@]3(CCCO3)O[C@H]2[C@@H](O[Si](C)(C)C(C)(C)C)[C@H](C)[C@H]1OCC([CH2][Sn]([CH2]CCC)([CH2]CCC)[CH2]CCC)OC)OC(=O)CCl. The van der Waals surface area contributed by atoms with Crippen molar-refractivity contribution in [1.29, 1.82) is 0 Å². The van der Waals surface area contributed by atoms with Crippen LogP contribution in [0.2, 0.25) is 35.9 Å². The molecule has 0 aromatic heterocycles. The molecule has 15 atom stereocenters. The van der Waals surface area contributed by atoms with Gasteiger partial charge < -0.3 is 14.2 Å². The zero-order chi connectivity index (χ0) is 65.0. The number of ether oxygens (including phenoxy) is 11. The number of hydrogen-bond donors (Lipinski definition) is 0. The monoisotopic (exact) mass is 1400 g/mol. The number of carbonyl (C=O) groups is 1. The van der Waals surface area contributed by atoms with Crippen molar-refractivity contribution in [2.75, 3.05) is 32.8 Å². The van der Waals surface area contributed by atoms with Gasteiger partial charge in [0.15, 0.2) is 0 Å². The molecular weight excluding hydrogens is 1280 g/mol. The van der Waals surface area contributed by atoms with Crippen LogP contribution in [-0.4, -0.2) is 144 Å². The summed E-state index contributed by atoms with van der Waals surface area (Å²) in [6, 6.07) is 30.6. The van der Waals surface area contributed by atoms with E-state index >= 15 is 0 Å². The van der Waals surface area contributed by atoms with E-state index in [-0.39, 0.29) is 35.3 Å². The Morgan fingerprint density at radius 2 is 1.41 bits per heavy atom. The van der Waals surface area contributed by atoms with Gasteiger partial charge in [-0.3, -0.25) is 0 Å². The summed E-state index contributed by atoms with van der Waals surface area (Å²) >= 11 is 3.65. The Kier molecular flexibility index (Phi) is 30.2. The summed E-state index contributed by atoms with van der Waals surface area (Å²) < 4.78 is 90.9. The summed E-state index contributed by atoms with van der Waals surface area (Å²) in [6.45, 7) is 34.1. The van der Waals surface area contributed by atoms with E-state index in [4.69, 9.17) is 68.1 Å². The Balaban J connectivity index is 1.28. The summed E-state index contributed by atoms with van der Waals surface area (Å²) in [5.74, 6) is -1.97. The summed E-state index contributed by atoms with van der Waals surface area (Å²) in [5, 5.41) is -0.110. The van der Waals surface area contributed by atoms with Crippen LogP contribution in [0.5, 0.6) is 0 Å². The molecule has 3 aromatic carbocycles. The normalized spacial score (nSPS) is 28.5. The number of methoxy groups -OCH3 is 1. The number of benzene rings is 3. The van der Waals surface area contributed by atoms with E-state index in [1.54, 1.807) is 0 Å². The van der Waals surface area contributed by atoms with Crippen LogP contribution in [0.4, 0.5) is 0 Å². The van der Waals surface area contributed by atoms with Gasteiger partial charge in [0.05, 0.1) is 25.9 Å². The molecule has 0 saturated carbocycles. The number of halogens is 1. The number of esters is 1. The van der Waals surface area contributed by atoms with Crippen LogP contribution in [-0.2, 0) is 81.1 Å². The quantitative estimate of drug-likeness (QED) is 0.0136. The number of alkyl halides is 1. The Labute approximate surface area is 553 Å². The Bertz CT molecular complexity index is 2510. The number of hydrogen-bond acceptors (Lipinski definition) is 13. The van der Waals surface area contributed by atoms with E-state index in [9.17, 15) is 4.79 Å². The first-order chi connectivity index (χ1) is 43.1. The van der Waals surface area contributed by atoms with Crippen LogP contribution in [0.1, 0.15) is 169 Å². The Hall–Kier alpha value is -2.26. The topological polar surface area (TPSA) is 128 Å². The van der Waals surface area contributed by atoms with Crippen molar-refractivity contribution in [1.82, 2.24) is 0 Å². The molecule has 13 nitrogen and oxygen atoms in total. The molecule has 16 heteroatoms. The predicted molar refractivity (Wildman–Crippen MR) is 365 cm³/mol. The first kappa shape index (κ1) is 75.1. The van der Waals surface area contributed by atoms with Crippen LogP contribution in [0, 0.1) is 11.8 Å². The maximum atomic E-state index is 14.0. The molecule has 0 radical (unpaired) electrons. The van der Waals surface area contributed by atoms with Gasteiger partial charge >= 0.3 is 365 Å². The molecule has 4 aliphatic heterocycles. The van der Waals surface area contributed by atoms with Crippen molar-refractivity contribution < 1.29 is 61.3 Å². The van der Waals surface area contributed by atoms with E-state index in [1.165, 1.54) is 51.8 Å². The zero-order valence-corrected chi connectivity index (χ0v) is 62.1. The van der Waals surface area contributed by atoms with Gasteiger partial charge in [-0.1, -0.05) is 96.6 Å². The second kappa shape index (κ2) is 36.2. The van der Waals surface area contributed by atoms with Crippen LogP contribution in [0.15, 0.2) is 103 Å². The van der Waals surface area contributed by atoms with Crippen LogP contribution in [0.25, 0.3) is 0 Å². The molecule has 0 N–H and O–H groups in total. The van der Waals surface area contributed by atoms with Crippen molar-refractivity contribution in [3.8, 4) is 0 Å². The molecule has 0 bridgehead atoms. The van der Waals surface area contributed by atoms with Gasteiger partial charge in [-0.05, 0) is 37.0 Å². The molecule has 0 aliphatic carbocycles. The summed E-state index contributed by atoms with van der Waals surface area (Å²) in [4.78, 5) is 14.0. The molecule has 0 amide bonds. The number of carbonyl (C=O) groups excluding carboxylic acids is 1. The van der Waals surface area contributed by atoms with Crippen molar-refractivity contribution in [2.24, 2.45) is 11.8 Å². The first-order valence-electron chi connectivity index (χ1n) is 34.6. The Morgan fingerprint density at radius 3 is 1.96 bits per heavy atom. The number of unbranched alkanes of at least 4 members (excludes halogenated alkanes) is 3. The van der Waals surface area contributed by atoms with E-state index in [0.717, 1.165) is 39.5 Å². The average molecular weight is 1400 g/mol. The third-order valence-electron chi connectivity index (χ3n) is 20.5. The van der Waals surface area contributed by atoms with Crippen molar-refractivity contribution in [2.45, 2.75) is 287 Å². The predicted octanol–water partition coefficient (Wildman–Crippen LogP) is 17.1. The molecule has 4 aliphatic rings. The molecule has 4 saturated heterocycles. The van der Waals surface area contributed by atoms with E-state index in [2.05, 4.69) is 118 Å². The first-order valence-corrected chi connectivity index (χ1v) is 46.1. The molecular formula is C74H117ClO13SiSn. The molecule has 7 rings (SSSR count). The molecule has 1 spiro atoms. The van der Waals surface area contributed by atoms with Gasteiger partial charge in [0, 0.05) is 6.61 Å². The molecule has 90 heavy (non-hydrogen) atoms. The van der Waals surface area contributed by atoms with Gasteiger partial charge in [-0.25, -0.2) is 0 Å². The third-order valence-corrected chi connectivity index (χ3v) is 41.0. The molecule has 2 unspecified atom stereocenters. The molecule has 4 fully saturated rings. The zero-order valence-electron chi connectivity index (χ0n) is 57.5. The molecule has 3 aromatic rings. The van der Waals surface area contributed by atoms with Crippen molar-refractivity contribution in [3.63, 3.8) is 0 Å². The van der Waals surface area contributed by atoms with Gasteiger partial charge in [0.2, 0.25) is 0 Å². The summed E-state index contributed by atoms with van der Waals surface area (Å²) in [7, 11) is -0.626. The van der Waals surface area contributed by atoms with Crippen molar-refractivity contribution in [3.05, 3.63) is 120 Å². The fraction of sp³-hybridized carbons (Fsp3) is 0.716. The average Bonchev–Trinajstić information content (AvgIpc) is 1.57. The standard InChI is InChI=1S/C62H90ClO13Si.3C4H9.Sn/c1-42(2)33-50-49(35-54(68-41-48-27-20-15-21-28-48)61(9,74-50)53(67-40-47-25-18-14-19-26-47)29-32-66-39-46-23-16-13-17-24-46)72-56(73-55(64)37-63)36-52-57(69-38-44(4)65-10)45(5)58(76-77(11,12)60(6,7)8)59-51(71-52)34-43(3)62(75-59)30-22-31-70-62;3*1-3-4-2;/h13-21,23-28,43-45,49-54,56-59H,1,4,22,29-41H2,2-3,5-12H3;3*1,3-4H2,2H3;/t43-,44?,45+,49-,50+,51+,52-,53+,54+,56?,57+,58-,59+,61-,62+;;;;/m0..../s1. The molecule has 4 heterocycles. The van der Waals surface area contributed by atoms with Crippen LogP contribution >= 0.6 is 11.6 Å². The maximum absolute atomic E-state index is 14.0.